The van der Waals surface area contributed by atoms with Crippen LogP contribution in [0.3, 0.4) is 0 Å². The van der Waals surface area contributed by atoms with Crippen molar-refractivity contribution >= 4 is 33.8 Å². The Bertz CT molecular complexity index is 508. The number of hydrogen-bond donors (Lipinski definition) is 1. The average Bonchev–Trinajstić information content (AvgIpc) is 2.98. The molecule has 1 aliphatic heterocycles. The van der Waals surface area contributed by atoms with Crippen LogP contribution in [0, 0.1) is 0 Å². The molecule has 0 aromatic rings. The number of amides is 1. The molecule has 0 bridgehead atoms. The van der Waals surface area contributed by atoms with Crippen LogP contribution in [-0.2, 0) is 9.59 Å². The van der Waals surface area contributed by atoms with Crippen LogP contribution in [0.1, 0.15) is 39.0 Å². The van der Waals surface area contributed by atoms with Crippen molar-refractivity contribution in [2.75, 3.05) is 0 Å². The molecule has 1 radical (unpaired) electrons. The summed E-state index contributed by atoms with van der Waals surface area (Å²) < 4.78 is 0. The summed E-state index contributed by atoms with van der Waals surface area (Å²) in [6.45, 7) is 2.03. The molecular formula is C12H14N3O3S. The van der Waals surface area contributed by atoms with E-state index in [2.05, 4.69) is 15.5 Å². The predicted molar refractivity (Wildman–Crippen MR) is 73.0 cm³/mol. The second-order valence-electron chi connectivity index (χ2n) is 4.26. The lowest BCUT2D eigenvalue weighted by Crippen LogP contribution is -2.09. The van der Waals surface area contributed by atoms with Crippen LogP contribution < -0.4 is 5.43 Å². The van der Waals surface area contributed by atoms with Gasteiger partial charge in [-0.05, 0) is 43.9 Å². The van der Waals surface area contributed by atoms with Gasteiger partial charge in [0, 0.05) is 11.1 Å². The van der Waals surface area contributed by atoms with Crippen LogP contribution in [0.5, 0.6) is 0 Å². The van der Waals surface area contributed by atoms with E-state index in [1.54, 1.807) is 0 Å². The summed E-state index contributed by atoms with van der Waals surface area (Å²) >= 11 is 1.27. The van der Waals surface area contributed by atoms with E-state index < -0.39 is 11.9 Å². The van der Waals surface area contributed by atoms with Gasteiger partial charge in [-0.2, -0.15) is 4.99 Å². The molecule has 19 heavy (non-hydrogen) atoms. The molecule has 0 aromatic carbocycles. The number of carboxylic acids is 1. The van der Waals surface area contributed by atoms with E-state index >= 15 is 0 Å². The number of aliphatic carboxylic acids is 1. The Morgan fingerprint density at radius 2 is 2.11 bits per heavy atom. The van der Waals surface area contributed by atoms with Crippen molar-refractivity contribution in [1.82, 2.24) is 5.43 Å². The van der Waals surface area contributed by atoms with Crippen molar-refractivity contribution in [2.24, 2.45) is 10.1 Å². The molecule has 101 valence electrons. The van der Waals surface area contributed by atoms with E-state index in [0.717, 1.165) is 17.9 Å². The summed E-state index contributed by atoms with van der Waals surface area (Å²) in [5, 5.41) is 14.1. The van der Waals surface area contributed by atoms with E-state index in [1.165, 1.54) is 11.8 Å². The quantitative estimate of drug-likeness (QED) is 0.851. The summed E-state index contributed by atoms with van der Waals surface area (Å²) in [6.07, 6.45) is 3.37. The standard InChI is InChI=1S/C12H14N3O3S/c1-2-4-9-14-15-12(19-9)13-10(16)7-5-3-6-8(7)11(17)18/h2-6H2,1H3,(H,17,18). The highest BCUT2D eigenvalue weighted by atomic mass is 32.2. The molecule has 0 saturated carbocycles. The Morgan fingerprint density at radius 1 is 1.37 bits per heavy atom. The fraction of sp³-hybridized carbons (Fsp3) is 0.500. The lowest BCUT2D eigenvalue weighted by atomic mass is 10.1. The van der Waals surface area contributed by atoms with Gasteiger partial charge in [-0.1, -0.05) is 6.92 Å². The first-order valence-electron chi connectivity index (χ1n) is 6.15. The average molecular weight is 280 g/mol. The Labute approximate surface area is 115 Å². The molecule has 0 spiro atoms. The molecule has 1 aliphatic carbocycles. The van der Waals surface area contributed by atoms with Gasteiger partial charge in [-0.25, -0.2) is 4.79 Å². The van der Waals surface area contributed by atoms with Crippen molar-refractivity contribution < 1.29 is 14.7 Å². The topological polar surface area (TPSA) is 93.2 Å². The smallest absolute Gasteiger partial charge is 0.332 e. The largest absolute Gasteiger partial charge is 0.478 e. The van der Waals surface area contributed by atoms with Gasteiger partial charge in [-0.15, -0.1) is 10.5 Å². The van der Waals surface area contributed by atoms with Gasteiger partial charge in [0.15, 0.2) is 0 Å². The van der Waals surface area contributed by atoms with E-state index in [0.29, 0.717) is 30.0 Å². The van der Waals surface area contributed by atoms with Crippen LogP contribution in [0.2, 0.25) is 0 Å². The molecule has 0 fully saturated rings. The van der Waals surface area contributed by atoms with E-state index in [-0.39, 0.29) is 5.57 Å². The summed E-state index contributed by atoms with van der Waals surface area (Å²) in [5.74, 6) is -1.52. The van der Waals surface area contributed by atoms with Crippen LogP contribution in [0.15, 0.2) is 21.2 Å². The maximum atomic E-state index is 11.9. The molecule has 0 saturated heterocycles. The third-order valence-corrected chi connectivity index (χ3v) is 3.73. The minimum absolute atomic E-state index is 0.187. The number of hydrogen-bond acceptors (Lipinski definition) is 4. The lowest BCUT2D eigenvalue weighted by molar-refractivity contribution is -0.133. The molecule has 0 aromatic heterocycles. The number of thioether (sulfide) groups is 1. The van der Waals surface area contributed by atoms with Crippen molar-refractivity contribution in [3.63, 3.8) is 0 Å². The first-order valence-corrected chi connectivity index (χ1v) is 6.97. The van der Waals surface area contributed by atoms with Crippen LogP contribution in [0.4, 0.5) is 0 Å². The van der Waals surface area contributed by atoms with E-state index in [1.807, 2.05) is 6.92 Å². The number of amidine groups is 1. The summed E-state index contributed by atoms with van der Waals surface area (Å²) in [7, 11) is 0. The van der Waals surface area contributed by atoms with Gasteiger partial charge in [0.05, 0.1) is 0 Å². The first kappa shape index (κ1) is 13.8. The van der Waals surface area contributed by atoms with E-state index in [9.17, 15) is 9.59 Å². The number of carboxylic acid groups (broad SMARTS) is 1. The summed E-state index contributed by atoms with van der Waals surface area (Å²) in [5.41, 5.74) is 4.32. The zero-order valence-electron chi connectivity index (χ0n) is 10.5. The maximum Gasteiger partial charge on any atom is 0.332 e. The molecule has 2 aliphatic rings. The first-order chi connectivity index (χ1) is 9.11. The van der Waals surface area contributed by atoms with Gasteiger partial charge < -0.3 is 5.11 Å². The van der Waals surface area contributed by atoms with Crippen molar-refractivity contribution in [2.45, 2.75) is 39.0 Å². The summed E-state index contributed by atoms with van der Waals surface area (Å²) in [4.78, 5) is 26.8. The van der Waals surface area contributed by atoms with Gasteiger partial charge in [0.2, 0.25) is 5.17 Å². The number of rotatable bonds is 4. The van der Waals surface area contributed by atoms with Gasteiger partial charge in [0.25, 0.3) is 5.91 Å². The number of carbonyl (C=O) groups is 2. The molecule has 0 unspecified atom stereocenters. The highest BCUT2D eigenvalue weighted by Gasteiger charge is 2.26. The molecule has 7 heteroatoms. The fourth-order valence-corrected chi connectivity index (χ4v) is 2.78. The number of carbonyl (C=O) groups excluding carboxylic acids is 1. The lowest BCUT2D eigenvalue weighted by Gasteiger charge is -1.99. The Morgan fingerprint density at radius 3 is 2.79 bits per heavy atom. The normalized spacial score (nSPS) is 20.7. The minimum Gasteiger partial charge on any atom is -0.478 e. The highest BCUT2D eigenvalue weighted by molar-refractivity contribution is 8.26. The Kier molecular flexibility index (Phi) is 4.36. The molecule has 0 atom stereocenters. The van der Waals surface area contributed by atoms with Crippen molar-refractivity contribution in [1.29, 1.82) is 0 Å². The summed E-state index contributed by atoms with van der Waals surface area (Å²) in [6, 6.07) is 0. The molecule has 1 N–H and O–H groups in total. The number of aliphatic imine (C=N–C) groups is 1. The third kappa shape index (κ3) is 3.23. The fourth-order valence-electron chi connectivity index (χ4n) is 1.97. The van der Waals surface area contributed by atoms with Gasteiger partial charge in [-0.3, -0.25) is 4.79 Å². The van der Waals surface area contributed by atoms with Crippen molar-refractivity contribution in [3.05, 3.63) is 11.1 Å². The molecule has 6 nitrogen and oxygen atoms in total. The van der Waals surface area contributed by atoms with Gasteiger partial charge in [0.1, 0.15) is 5.04 Å². The van der Waals surface area contributed by atoms with Crippen LogP contribution >= 0.6 is 11.8 Å². The van der Waals surface area contributed by atoms with Crippen LogP contribution in [0.25, 0.3) is 0 Å². The monoisotopic (exact) mass is 280 g/mol. The van der Waals surface area contributed by atoms with Gasteiger partial charge >= 0.3 is 5.97 Å². The molecule has 1 heterocycles. The minimum atomic E-state index is -1.03. The second kappa shape index (κ2) is 6.01. The molecule has 2 rings (SSSR count). The maximum absolute atomic E-state index is 11.9. The van der Waals surface area contributed by atoms with Crippen LogP contribution in [-0.4, -0.2) is 27.2 Å². The Balaban J connectivity index is 2.07. The molecular weight excluding hydrogens is 266 g/mol. The molecule has 1 amide bonds. The van der Waals surface area contributed by atoms with Crippen molar-refractivity contribution in [3.8, 4) is 0 Å². The number of nitrogens with zero attached hydrogens (tertiary/aromatic N) is 3. The van der Waals surface area contributed by atoms with E-state index in [4.69, 9.17) is 5.11 Å². The highest BCUT2D eigenvalue weighted by Crippen LogP contribution is 2.28. The second-order valence-corrected chi connectivity index (χ2v) is 5.30. The Hall–Kier alpha value is -1.63. The zero-order chi connectivity index (χ0) is 13.8. The zero-order valence-corrected chi connectivity index (χ0v) is 11.4. The SMILES string of the molecule is CCCC1=N[N]C(=NC(=O)C2=C(C(=O)O)CCC2)S1. The predicted octanol–water partition coefficient (Wildman–Crippen LogP) is 1.90. The third-order valence-electron chi connectivity index (χ3n) is 2.85.